The van der Waals surface area contributed by atoms with Crippen LogP contribution >= 0.6 is 46.4 Å². The SMILES string of the molecule is COc1ccc(CN(CC(=O)O)C(=O)C(CCCl)C(=O)CCCCl)cc1.COc1ccc(CN(CC(=O)OCc2ccccc2)C(=O)C(CCCl)C(=O)CCCCl)cc1. The van der Waals surface area contributed by atoms with Crippen molar-refractivity contribution in [3.8, 4) is 11.5 Å². The summed E-state index contributed by atoms with van der Waals surface area (Å²) in [4.78, 5) is 77.5. The molecular weight excluding hydrogens is 846 g/mol. The largest absolute Gasteiger partial charge is 0.497 e. The Hall–Kier alpha value is -4.36. The van der Waals surface area contributed by atoms with Crippen molar-refractivity contribution in [2.75, 3.05) is 50.8 Å². The summed E-state index contributed by atoms with van der Waals surface area (Å²) >= 11 is 22.9. The summed E-state index contributed by atoms with van der Waals surface area (Å²) < 4.78 is 15.6. The average Bonchev–Trinajstić information content (AvgIpc) is 3.25. The molecule has 0 saturated heterocycles. The van der Waals surface area contributed by atoms with Crippen LogP contribution in [0.25, 0.3) is 0 Å². The van der Waals surface area contributed by atoms with Gasteiger partial charge < -0.3 is 29.1 Å². The van der Waals surface area contributed by atoms with Crippen molar-refractivity contribution in [3.05, 3.63) is 95.6 Å². The van der Waals surface area contributed by atoms with Crippen LogP contribution in [0.3, 0.4) is 0 Å². The molecule has 1 N–H and O–H groups in total. The van der Waals surface area contributed by atoms with E-state index in [1.807, 2.05) is 30.3 Å². The zero-order valence-electron chi connectivity index (χ0n) is 33.3. The van der Waals surface area contributed by atoms with Crippen LogP contribution in [-0.4, -0.2) is 101 Å². The third kappa shape index (κ3) is 19.1. The number of benzene rings is 3. The van der Waals surface area contributed by atoms with Gasteiger partial charge in [-0.15, -0.1) is 46.4 Å². The number of halogens is 4. The molecule has 0 aromatic heterocycles. The van der Waals surface area contributed by atoms with E-state index in [1.54, 1.807) is 62.8 Å². The number of carboxylic acid groups (broad SMARTS) is 1. The van der Waals surface area contributed by atoms with Crippen LogP contribution in [0.1, 0.15) is 55.2 Å². The predicted molar refractivity (Wildman–Crippen MR) is 228 cm³/mol. The number of ether oxygens (including phenoxy) is 3. The summed E-state index contributed by atoms with van der Waals surface area (Å²) in [5.41, 5.74) is 2.37. The minimum Gasteiger partial charge on any atom is -0.497 e. The molecule has 12 nitrogen and oxygen atoms in total. The van der Waals surface area contributed by atoms with Crippen molar-refractivity contribution in [3.63, 3.8) is 0 Å². The molecule has 0 aliphatic heterocycles. The minimum atomic E-state index is -1.15. The maximum absolute atomic E-state index is 13.4. The number of ketones is 2. The van der Waals surface area contributed by atoms with Gasteiger partial charge in [0.1, 0.15) is 42.8 Å². The molecule has 3 aromatic rings. The van der Waals surface area contributed by atoms with E-state index >= 15 is 0 Å². The lowest BCUT2D eigenvalue weighted by Crippen LogP contribution is -2.42. The molecule has 0 aliphatic carbocycles. The first-order chi connectivity index (χ1) is 28.4. The Morgan fingerprint density at radius 3 is 1.37 bits per heavy atom. The fourth-order valence-corrected chi connectivity index (χ4v) is 6.47. The Morgan fingerprint density at radius 1 is 0.576 bits per heavy atom. The van der Waals surface area contributed by atoms with Crippen LogP contribution in [0.2, 0.25) is 0 Å². The molecule has 59 heavy (non-hydrogen) atoms. The molecule has 16 heteroatoms. The van der Waals surface area contributed by atoms with Crippen LogP contribution in [0.4, 0.5) is 0 Å². The number of carbonyl (C=O) groups is 6. The number of Topliss-reactive ketones (excluding diaryl/α,β-unsaturated/α-hetero) is 2. The second-order valence-corrected chi connectivity index (χ2v) is 14.7. The Kier molecular flexibility index (Phi) is 24.9. The van der Waals surface area contributed by atoms with Gasteiger partial charge in [-0.1, -0.05) is 54.6 Å². The number of methoxy groups -OCH3 is 2. The van der Waals surface area contributed by atoms with Gasteiger partial charge in [0.15, 0.2) is 0 Å². The lowest BCUT2D eigenvalue weighted by molar-refractivity contribution is -0.153. The average molecular weight is 899 g/mol. The van der Waals surface area contributed by atoms with E-state index in [-0.39, 0.29) is 75.3 Å². The topological polar surface area (TPSA) is 157 Å². The molecule has 0 saturated carbocycles. The van der Waals surface area contributed by atoms with Gasteiger partial charge in [0.2, 0.25) is 11.8 Å². The van der Waals surface area contributed by atoms with Crippen molar-refractivity contribution >= 4 is 81.7 Å². The number of amides is 2. The highest BCUT2D eigenvalue weighted by molar-refractivity contribution is 6.19. The number of carboxylic acids is 1. The molecule has 322 valence electrons. The Balaban J connectivity index is 0.000000419. The zero-order valence-corrected chi connectivity index (χ0v) is 36.3. The van der Waals surface area contributed by atoms with Crippen molar-refractivity contribution in [2.24, 2.45) is 11.8 Å². The molecule has 0 heterocycles. The minimum absolute atomic E-state index is 0.0801. The van der Waals surface area contributed by atoms with Crippen molar-refractivity contribution in [1.82, 2.24) is 9.80 Å². The lowest BCUT2D eigenvalue weighted by Gasteiger charge is -2.26. The summed E-state index contributed by atoms with van der Waals surface area (Å²) in [5, 5.41) is 9.14. The highest BCUT2D eigenvalue weighted by atomic mass is 35.5. The first-order valence-electron chi connectivity index (χ1n) is 18.9. The predicted octanol–water partition coefficient (Wildman–Crippen LogP) is 7.54. The summed E-state index contributed by atoms with van der Waals surface area (Å²) in [7, 11) is 3.11. The van der Waals surface area contributed by atoms with E-state index in [0.29, 0.717) is 36.1 Å². The molecule has 2 unspecified atom stereocenters. The van der Waals surface area contributed by atoms with E-state index in [2.05, 4.69) is 0 Å². The number of aliphatic carboxylic acids is 1. The number of rotatable bonds is 26. The number of hydrogen-bond acceptors (Lipinski definition) is 9. The summed E-state index contributed by atoms with van der Waals surface area (Å²) in [5.74, 6) is -2.78. The maximum atomic E-state index is 13.4. The quantitative estimate of drug-likeness (QED) is 0.0485. The van der Waals surface area contributed by atoms with E-state index < -0.39 is 42.1 Å². The van der Waals surface area contributed by atoms with Crippen LogP contribution in [-0.2, 0) is 53.2 Å². The van der Waals surface area contributed by atoms with Gasteiger partial charge in [-0.3, -0.25) is 28.8 Å². The lowest BCUT2D eigenvalue weighted by atomic mass is 9.95. The molecule has 0 fully saturated rings. The molecule has 3 rings (SSSR count). The number of nitrogens with zero attached hydrogens (tertiary/aromatic N) is 2. The fourth-order valence-electron chi connectivity index (χ4n) is 5.76. The van der Waals surface area contributed by atoms with Crippen LogP contribution in [0.15, 0.2) is 78.9 Å². The van der Waals surface area contributed by atoms with Crippen molar-refractivity contribution < 1.29 is 48.1 Å². The molecule has 0 bridgehead atoms. The van der Waals surface area contributed by atoms with Gasteiger partial charge in [0, 0.05) is 49.5 Å². The molecule has 3 aromatic carbocycles. The molecule has 0 radical (unpaired) electrons. The first kappa shape index (κ1) is 50.8. The normalized spacial score (nSPS) is 11.6. The van der Waals surface area contributed by atoms with E-state index in [4.69, 9.17) is 65.7 Å². The second kappa shape index (κ2) is 29.0. The Bertz CT molecular complexity index is 1750. The van der Waals surface area contributed by atoms with Gasteiger partial charge in [0.05, 0.1) is 26.1 Å². The smallest absolute Gasteiger partial charge is 0.325 e. The Morgan fingerprint density at radius 2 is 1.00 bits per heavy atom. The number of hydrogen-bond donors (Lipinski definition) is 1. The van der Waals surface area contributed by atoms with Crippen molar-refractivity contribution in [1.29, 1.82) is 0 Å². The molecule has 0 aliphatic rings. The summed E-state index contributed by atoms with van der Waals surface area (Å²) in [6.07, 6.45) is 1.65. The third-order valence-electron chi connectivity index (χ3n) is 8.86. The fraction of sp³-hybridized carbons (Fsp3) is 0.442. The van der Waals surface area contributed by atoms with E-state index in [0.717, 1.165) is 16.7 Å². The zero-order chi connectivity index (χ0) is 43.6. The number of esters is 1. The van der Waals surface area contributed by atoms with Gasteiger partial charge in [-0.25, -0.2) is 0 Å². The van der Waals surface area contributed by atoms with Gasteiger partial charge >= 0.3 is 11.9 Å². The van der Waals surface area contributed by atoms with Crippen molar-refractivity contribution in [2.45, 2.75) is 58.2 Å². The Labute approximate surface area is 366 Å². The number of carbonyl (C=O) groups excluding carboxylic acids is 5. The summed E-state index contributed by atoms with van der Waals surface area (Å²) in [6.45, 7) is -0.447. The molecule has 2 atom stereocenters. The summed E-state index contributed by atoms with van der Waals surface area (Å²) in [6, 6.07) is 23.4. The van der Waals surface area contributed by atoms with Crippen LogP contribution in [0, 0.1) is 11.8 Å². The third-order valence-corrected chi connectivity index (χ3v) is 9.83. The van der Waals surface area contributed by atoms with Gasteiger partial charge in [-0.05, 0) is 66.6 Å². The molecule has 0 spiro atoms. The van der Waals surface area contributed by atoms with E-state index in [9.17, 15) is 28.8 Å². The first-order valence-corrected chi connectivity index (χ1v) is 21.1. The molecular formula is C43H52Cl4N2O10. The maximum Gasteiger partial charge on any atom is 0.325 e. The van der Waals surface area contributed by atoms with Crippen LogP contribution < -0.4 is 9.47 Å². The standard InChI is InChI=1S/C25H29Cl2NO5.C18H23Cl2NO5/c1-32-21-11-9-19(10-12-21)16-28(17-24(30)33-18-20-6-3-2-4-7-20)25(31)22(13-15-27)23(29)8-5-14-26;1-26-14-6-4-13(5-7-14)11-21(12-17(23)24)18(25)15(8-10-20)16(22)3-2-9-19/h2-4,6-7,9-12,22H,5,8,13-18H2,1H3;4-7,15H,2-3,8-12H2,1H3,(H,23,24). The van der Waals surface area contributed by atoms with Gasteiger partial charge in [-0.2, -0.15) is 0 Å². The second-order valence-electron chi connectivity index (χ2n) is 13.2. The highest BCUT2D eigenvalue weighted by Gasteiger charge is 2.32. The van der Waals surface area contributed by atoms with E-state index in [1.165, 1.54) is 9.80 Å². The highest BCUT2D eigenvalue weighted by Crippen LogP contribution is 2.20. The monoisotopic (exact) mass is 896 g/mol. The van der Waals surface area contributed by atoms with Gasteiger partial charge in [0.25, 0.3) is 0 Å². The number of alkyl halides is 4. The molecule has 2 amide bonds. The van der Waals surface area contributed by atoms with Crippen LogP contribution in [0.5, 0.6) is 11.5 Å².